The fraction of sp³-hybridized carbons (Fsp3) is 0.588. The fourth-order valence-corrected chi connectivity index (χ4v) is 3.58. The van der Waals surface area contributed by atoms with Gasteiger partial charge in [0, 0.05) is 11.0 Å². The third-order valence-corrected chi connectivity index (χ3v) is 5.00. The average molecular weight is 338 g/mol. The second-order valence-electron chi connectivity index (χ2n) is 6.15. The van der Waals surface area contributed by atoms with Gasteiger partial charge in [0.25, 0.3) is 5.91 Å². The highest BCUT2D eigenvalue weighted by molar-refractivity contribution is 9.10. The number of hydrogen-bond acceptors (Lipinski definition) is 1. The summed E-state index contributed by atoms with van der Waals surface area (Å²) in [5.74, 6) is 1.72. The van der Waals surface area contributed by atoms with Crippen molar-refractivity contribution in [2.75, 3.05) is 6.54 Å². The van der Waals surface area contributed by atoms with Crippen molar-refractivity contribution in [3.8, 4) is 0 Å². The number of hydrogen-bond donors (Lipinski definition) is 1. The monoisotopic (exact) mass is 337 g/mol. The van der Waals surface area contributed by atoms with Gasteiger partial charge in [0.05, 0.1) is 5.56 Å². The lowest BCUT2D eigenvalue weighted by atomic mass is 9.81. The van der Waals surface area contributed by atoms with E-state index in [0.29, 0.717) is 0 Å². The zero-order chi connectivity index (χ0) is 14.5. The van der Waals surface area contributed by atoms with Crippen molar-refractivity contribution in [2.24, 2.45) is 11.8 Å². The molecule has 0 saturated heterocycles. The van der Waals surface area contributed by atoms with Crippen molar-refractivity contribution in [1.29, 1.82) is 0 Å². The first-order valence-electron chi connectivity index (χ1n) is 7.60. The minimum atomic E-state index is 0.0288. The van der Waals surface area contributed by atoms with Crippen LogP contribution in [0.4, 0.5) is 0 Å². The maximum atomic E-state index is 12.1. The van der Waals surface area contributed by atoms with Crippen LogP contribution in [0.5, 0.6) is 0 Å². The van der Waals surface area contributed by atoms with Gasteiger partial charge in [-0.3, -0.25) is 4.79 Å². The van der Waals surface area contributed by atoms with Gasteiger partial charge in [0.15, 0.2) is 0 Å². The lowest BCUT2D eigenvalue weighted by Gasteiger charge is -2.26. The minimum absolute atomic E-state index is 0.0288. The molecule has 0 spiro atoms. The number of halogens is 1. The molecule has 1 aliphatic carbocycles. The molecule has 110 valence electrons. The van der Waals surface area contributed by atoms with E-state index in [0.717, 1.165) is 40.4 Å². The largest absolute Gasteiger partial charge is 0.352 e. The molecule has 0 aromatic heterocycles. The van der Waals surface area contributed by atoms with Crippen molar-refractivity contribution in [3.05, 3.63) is 33.8 Å². The van der Waals surface area contributed by atoms with Crippen LogP contribution in [0.2, 0.25) is 0 Å². The zero-order valence-electron chi connectivity index (χ0n) is 12.4. The van der Waals surface area contributed by atoms with E-state index in [-0.39, 0.29) is 5.91 Å². The topological polar surface area (TPSA) is 29.1 Å². The maximum absolute atomic E-state index is 12.1. The summed E-state index contributed by atoms with van der Waals surface area (Å²) in [7, 11) is 0. The fourth-order valence-electron chi connectivity index (χ4n) is 2.91. The van der Waals surface area contributed by atoms with E-state index < -0.39 is 0 Å². The van der Waals surface area contributed by atoms with E-state index >= 15 is 0 Å². The van der Waals surface area contributed by atoms with E-state index in [4.69, 9.17) is 0 Å². The van der Waals surface area contributed by atoms with E-state index in [9.17, 15) is 4.79 Å². The molecule has 1 aliphatic rings. The van der Waals surface area contributed by atoms with Crippen LogP contribution in [-0.4, -0.2) is 12.5 Å². The first-order chi connectivity index (χ1) is 9.56. The number of carbonyl (C=O) groups excluding carboxylic acids is 1. The molecule has 0 bridgehead atoms. The van der Waals surface area contributed by atoms with E-state index in [1.807, 2.05) is 25.1 Å². The van der Waals surface area contributed by atoms with Gasteiger partial charge >= 0.3 is 0 Å². The highest BCUT2D eigenvalue weighted by Gasteiger charge is 2.18. The van der Waals surface area contributed by atoms with E-state index in [1.165, 1.54) is 25.7 Å². The molecular weight excluding hydrogens is 314 g/mol. The van der Waals surface area contributed by atoms with Gasteiger partial charge < -0.3 is 5.32 Å². The Hall–Kier alpha value is -0.830. The molecule has 3 heteroatoms. The Balaban J connectivity index is 1.77. The molecule has 0 aliphatic heterocycles. The Morgan fingerprint density at radius 2 is 2.00 bits per heavy atom. The van der Waals surface area contributed by atoms with Crippen LogP contribution in [-0.2, 0) is 0 Å². The minimum Gasteiger partial charge on any atom is -0.352 e. The molecule has 0 heterocycles. The Morgan fingerprint density at radius 1 is 1.30 bits per heavy atom. The Morgan fingerprint density at radius 3 is 2.65 bits per heavy atom. The molecule has 0 radical (unpaired) electrons. The van der Waals surface area contributed by atoms with Gasteiger partial charge in [-0.1, -0.05) is 38.7 Å². The first kappa shape index (κ1) is 15.6. The Labute approximate surface area is 130 Å². The maximum Gasteiger partial charge on any atom is 0.252 e. The molecule has 1 aromatic rings. The van der Waals surface area contributed by atoms with Gasteiger partial charge in [0.2, 0.25) is 0 Å². The highest BCUT2D eigenvalue weighted by Crippen LogP contribution is 2.30. The highest BCUT2D eigenvalue weighted by atomic mass is 79.9. The van der Waals surface area contributed by atoms with Crippen molar-refractivity contribution < 1.29 is 4.79 Å². The van der Waals surface area contributed by atoms with Crippen molar-refractivity contribution in [3.63, 3.8) is 0 Å². The van der Waals surface area contributed by atoms with Crippen LogP contribution in [0, 0.1) is 18.8 Å². The molecule has 2 nitrogen and oxygen atoms in total. The third kappa shape index (κ3) is 4.34. The quantitative estimate of drug-likeness (QED) is 0.847. The molecule has 0 atom stereocenters. The predicted molar refractivity (Wildman–Crippen MR) is 87.0 cm³/mol. The van der Waals surface area contributed by atoms with Gasteiger partial charge in [-0.05, 0) is 58.8 Å². The normalized spacial score (nSPS) is 22.6. The lowest BCUT2D eigenvalue weighted by Crippen LogP contribution is -2.27. The number of amides is 1. The van der Waals surface area contributed by atoms with Gasteiger partial charge in [0.1, 0.15) is 0 Å². The standard InChI is InChI=1S/C17H24BrNO/c1-12-3-6-14(7-4-12)9-10-19-17(20)15-8-5-13(2)11-16(15)18/h5,8,11-12,14H,3-4,6-7,9-10H2,1-2H3,(H,19,20). The summed E-state index contributed by atoms with van der Waals surface area (Å²) in [6.45, 7) is 5.15. The number of nitrogens with one attached hydrogen (secondary N) is 1. The number of carbonyl (C=O) groups is 1. The van der Waals surface area contributed by atoms with Crippen molar-refractivity contribution >= 4 is 21.8 Å². The van der Waals surface area contributed by atoms with Crippen LogP contribution >= 0.6 is 15.9 Å². The molecule has 1 amide bonds. The summed E-state index contributed by atoms with van der Waals surface area (Å²) < 4.78 is 0.876. The second kappa shape index (κ2) is 7.26. The summed E-state index contributed by atoms with van der Waals surface area (Å²) in [5, 5.41) is 3.05. The Kier molecular flexibility index (Phi) is 5.64. The summed E-state index contributed by atoms with van der Waals surface area (Å²) in [6, 6.07) is 5.84. The summed E-state index contributed by atoms with van der Waals surface area (Å²) in [6.07, 6.45) is 6.46. The molecule has 1 aromatic carbocycles. The molecule has 1 saturated carbocycles. The number of aryl methyl sites for hydroxylation is 1. The van der Waals surface area contributed by atoms with Crippen molar-refractivity contribution in [1.82, 2.24) is 5.32 Å². The summed E-state index contributed by atoms with van der Waals surface area (Å²) >= 11 is 3.46. The van der Waals surface area contributed by atoms with E-state index in [2.05, 4.69) is 28.2 Å². The second-order valence-corrected chi connectivity index (χ2v) is 7.01. The predicted octanol–water partition coefficient (Wildman–Crippen LogP) is 4.70. The summed E-state index contributed by atoms with van der Waals surface area (Å²) in [4.78, 5) is 12.1. The van der Waals surface area contributed by atoms with Gasteiger partial charge in [-0.2, -0.15) is 0 Å². The van der Waals surface area contributed by atoms with Crippen LogP contribution < -0.4 is 5.32 Å². The summed E-state index contributed by atoms with van der Waals surface area (Å²) in [5.41, 5.74) is 1.89. The van der Waals surface area contributed by atoms with Gasteiger partial charge in [-0.15, -0.1) is 0 Å². The number of benzene rings is 1. The molecule has 1 N–H and O–H groups in total. The van der Waals surface area contributed by atoms with Crippen LogP contribution in [0.25, 0.3) is 0 Å². The number of rotatable bonds is 4. The molecule has 0 unspecified atom stereocenters. The van der Waals surface area contributed by atoms with Crippen molar-refractivity contribution in [2.45, 2.75) is 46.0 Å². The van der Waals surface area contributed by atoms with E-state index in [1.54, 1.807) is 0 Å². The smallest absolute Gasteiger partial charge is 0.252 e. The zero-order valence-corrected chi connectivity index (χ0v) is 14.0. The molecule has 20 heavy (non-hydrogen) atoms. The lowest BCUT2D eigenvalue weighted by molar-refractivity contribution is 0.0949. The first-order valence-corrected chi connectivity index (χ1v) is 8.40. The van der Waals surface area contributed by atoms with Crippen LogP contribution in [0.1, 0.15) is 54.9 Å². The van der Waals surface area contributed by atoms with Gasteiger partial charge in [-0.25, -0.2) is 0 Å². The van der Waals surface area contributed by atoms with Crippen LogP contribution in [0.15, 0.2) is 22.7 Å². The third-order valence-electron chi connectivity index (χ3n) is 4.34. The molecular formula is C17H24BrNO. The average Bonchev–Trinajstić information content (AvgIpc) is 2.41. The molecule has 1 fully saturated rings. The van der Waals surface area contributed by atoms with Crippen LogP contribution in [0.3, 0.4) is 0 Å². The Bertz CT molecular complexity index is 464. The SMILES string of the molecule is Cc1ccc(C(=O)NCCC2CCC(C)CC2)c(Br)c1. The molecule has 2 rings (SSSR count).